The molecule has 2 heterocycles. The summed E-state index contributed by atoms with van der Waals surface area (Å²) in [4.78, 5) is 19.8. The van der Waals surface area contributed by atoms with Gasteiger partial charge in [0.05, 0.1) is 22.4 Å². The Hall–Kier alpha value is -1.86. The Morgan fingerprint density at radius 3 is 2.46 bits per heavy atom. The van der Waals surface area contributed by atoms with Crippen LogP contribution in [-0.2, 0) is 21.5 Å². The Balaban J connectivity index is 1.34. The lowest BCUT2D eigenvalue weighted by molar-refractivity contribution is -0.122. The van der Waals surface area contributed by atoms with Gasteiger partial charge in [0, 0.05) is 48.4 Å². The minimum atomic E-state index is -5.90. The highest BCUT2D eigenvalue weighted by atomic mass is 35.5. The van der Waals surface area contributed by atoms with Gasteiger partial charge in [-0.3, -0.25) is 9.69 Å². The molecule has 0 aromatic heterocycles. The summed E-state index contributed by atoms with van der Waals surface area (Å²) in [6.45, 7) is 1.53. The van der Waals surface area contributed by atoms with Gasteiger partial charge >= 0.3 is 15.6 Å². The van der Waals surface area contributed by atoms with Gasteiger partial charge < -0.3 is 14.0 Å². The van der Waals surface area contributed by atoms with Gasteiger partial charge in [-0.05, 0) is 36.6 Å². The van der Waals surface area contributed by atoms with E-state index in [0.29, 0.717) is 29.8 Å². The van der Waals surface area contributed by atoms with Crippen LogP contribution in [0.1, 0.15) is 18.4 Å². The molecule has 0 radical (unpaired) electrons. The second-order valence-corrected chi connectivity index (χ2v) is 12.4. The van der Waals surface area contributed by atoms with Crippen LogP contribution >= 0.6 is 35.0 Å². The van der Waals surface area contributed by atoms with E-state index in [4.69, 9.17) is 23.2 Å². The molecule has 37 heavy (non-hydrogen) atoms. The maximum Gasteiger partial charge on any atom is 0.534 e. The molecule has 3 aliphatic rings. The van der Waals surface area contributed by atoms with Crippen LogP contribution in [0, 0.1) is 0 Å². The van der Waals surface area contributed by atoms with Crippen LogP contribution in [0.15, 0.2) is 36.4 Å². The molecule has 14 heteroatoms. The van der Waals surface area contributed by atoms with E-state index in [1.54, 1.807) is 11.8 Å². The number of carbonyl (C=O) groups excluding carboxylic acids is 1. The average molecular weight is 596 g/mol. The summed E-state index contributed by atoms with van der Waals surface area (Å²) in [5.74, 6) is 0.349. The van der Waals surface area contributed by atoms with E-state index in [1.165, 1.54) is 6.07 Å². The number of hydrogen-bond acceptors (Lipinski definition) is 7. The van der Waals surface area contributed by atoms with Crippen LogP contribution in [0.2, 0.25) is 10.0 Å². The van der Waals surface area contributed by atoms with Gasteiger partial charge in [0.2, 0.25) is 5.91 Å². The first-order valence-corrected chi connectivity index (χ1v) is 14.8. The van der Waals surface area contributed by atoms with Crippen LogP contribution in [0.5, 0.6) is 5.75 Å². The molecule has 200 valence electrons. The van der Waals surface area contributed by atoms with Crippen molar-refractivity contribution < 1.29 is 30.6 Å². The normalized spacial score (nSPS) is 20.7. The van der Waals surface area contributed by atoms with E-state index in [1.807, 2.05) is 34.1 Å². The van der Waals surface area contributed by atoms with Crippen LogP contribution in [0.3, 0.4) is 0 Å². The molecule has 1 aliphatic carbocycles. The number of thioether (sulfide) groups is 1. The van der Waals surface area contributed by atoms with Crippen molar-refractivity contribution in [3.8, 4) is 5.75 Å². The van der Waals surface area contributed by atoms with E-state index < -0.39 is 27.4 Å². The summed E-state index contributed by atoms with van der Waals surface area (Å²) in [7, 11) is -5.90. The second-order valence-electron chi connectivity index (χ2n) is 9.02. The van der Waals surface area contributed by atoms with Crippen molar-refractivity contribution in [2.45, 2.75) is 37.0 Å². The third kappa shape index (κ3) is 5.36. The molecule has 1 unspecified atom stereocenters. The van der Waals surface area contributed by atoms with Gasteiger partial charge in [-0.1, -0.05) is 35.3 Å². The number of halogens is 5. The Kier molecular flexibility index (Phi) is 7.25. The number of rotatable bonds is 6. The fourth-order valence-corrected chi connectivity index (χ4v) is 6.70. The van der Waals surface area contributed by atoms with E-state index in [9.17, 15) is 26.4 Å². The highest BCUT2D eigenvalue weighted by molar-refractivity contribution is 7.99. The first-order valence-electron chi connectivity index (χ1n) is 11.4. The molecule has 1 saturated heterocycles. The predicted molar refractivity (Wildman–Crippen MR) is 138 cm³/mol. The lowest BCUT2D eigenvalue weighted by Crippen LogP contribution is -2.52. The van der Waals surface area contributed by atoms with Crippen LogP contribution in [-0.4, -0.2) is 61.5 Å². The number of alkyl halides is 3. The summed E-state index contributed by atoms with van der Waals surface area (Å²) in [5.41, 5.74) is -3.23. The molecule has 1 saturated carbocycles. The molecule has 2 aliphatic heterocycles. The Morgan fingerprint density at radius 1 is 1.08 bits per heavy atom. The zero-order valence-corrected chi connectivity index (χ0v) is 22.4. The molecular weight excluding hydrogens is 574 g/mol. The highest BCUT2D eigenvalue weighted by Gasteiger charge is 2.49. The number of anilines is 2. The lowest BCUT2D eigenvalue weighted by atomic mass is 10.1. The van der Waals surface area contributed by atoms with Crippen LogP contribution < -0.4 is 14.0 Å². The van der Waals surface area contributed by atoms with E-state index in [-0.39, 0.29) is 22.5 Å². The summed E-state index contributed by atoms with van der Waals surface area (Å²) < 4.78 is 65.0. The van der Waals surface area contributed by atoms with Gasteiger partial charge in [-0.25, -0.2) is 0 Å². The van der Waals surface area contributed by atoms with Gasteiger partial charge in [-0.15, -0.1) is 11.8 Å². The molecule has 7 nitrogen and oxygen atoms in total. The Bertz CT molecular complexity index is 1320. The van der Waals surface area contributed by atoms with Gasteiger partial charge in [0.25, 0.3) is 0 Å². The van der Waals surface area contributed by atoms with Crippen molar-refractivity contribution in [1.29, 1.82) is 0 Å². The number of benzene rings is 2. The molecule has 2 aromatic carbocycles. The van der Waals surface area contributed by atoms with Crippen molar-refractivity contribution in [2.75, 3.05) is 34.5 Å². The van der Waals surface area contributed by atoms with Crippen molar-refractivity contribution in [3.05, 3.63) is 52.0 Å². The number of para-hydroxylation sites is 2. The number of carbonyl (C=O) groups is 1. The van der Waals surface area contributed by atoms with Crippen LogP contribution in [0.4, 0.5) is 24.5 Å². The number of fused-ring (bicyclic) bond motifs is 1. The molecule has 1 atom stereocenters. The third-order valence-corrected chi connectivity index (χ3v) is 9.19. The van der Waals surface area contributed by atoms with E-state index in [2.05, 4.69) is 9.08 Å². The fraction of sp³-hybridized carbons (Fsp3) is 0.435. The van der Waals surface area contributed by atoms with Gasteiger partial charge in [-0.2, -0.15) is 21.6 Å². The van der Waals surface area contributed by atoms with E-state index in [0.717, 1.165) is 36.8 Å². The molecular formula is C23H22Cl2F3N3O4S2. The topological polar surface area (TPSA) is 70.2 Å². The fourth-order valence-electron chi connectivity index (χ4n) is 4.56. The second kappa shape index (κ2) is 10.0. The lowest BCUT2D eigenvalue weighted by Gasteiger charge is -2.39. The standard InChI is InChI=1S/C23H22Cl2F3N3O4S2/c24-16-10-21(35-37(33,34)23(26,27)28)17(25)9-14(16)11-29-13-36-12-20(29)22(32)31-8-7-30(15-5-6-15)18-3-1-2-4-19(18)31/h1-4,9-10,15,20H,5-8,11-13H2. The summed E-state index contributed by atoms with van der Waals surface area (Å²) in [6.07, 6.45) is 2.31. The first kappa shape index (κ1) is 26.7. The molecule has 0 N–H and O–H groups in total. The highest BCUT2D eigenvalue weighted by Crippen LogP contribution is 2.41. The van der Waals surface area contributed by atoms with Gasteiger partial charge in [0.1, 0.15) is 0 Å². The summed E-state index contributed by atoms with van der Waals surface area (Å²) >= 11 is 13.9. The molecule has 1 amide bonds. The van der Waals surface area contributed by atoms with Crippen molar-refractivity contribution in [2.24, 2.45) is 0 Å². The summed E-state index contributed by atoms with van der Waals surface area (Å²) in [6, 6.07) is 10.2. The monoisotopic (exact) mass is 595 g/mol. The first-order chi connectivity index (χ1) is 17.5. The maximum absolute atomic E-state index is 13.7. The summed E-state index contributed by atoms with van der Waals surface area (Å²) in [5, 5.41) is -0.365. The quantitative estimate of drug-likeness (QED) is 0.339. The van der Waals surface area contributed by atoms with Gasteiger partial charge in [0.15, 0.2) is 5.75 Å². The zero-order chi connectivity index (χ0) is 26.5. The molecule has 0 bridgehead atoms. The van der Waals surface area contributed by atoms with Crippen molar-refractivity contribution in [1.82, 2.24) is 4.90 Å². The minimum Gasteiger partial charge on any atom is -0.374 e. The minimum absolute atomic E-state index is 0.0248. The van der Waals surface area contributed by atoms with E-state index >= 15 is 0 Å². The molecule has 2 aromatic rings. The third-order valence-electron chi connectivity index (χ3n) is 6.52. The largest absolute Gasteiger partial charge is 0.534 e. The Morgan fingerprint density at radius 2 is 1.78 bits per heavy atom. The smallest absolute Gasteiger partial charge is 0.374 e. The SMILES string of the molecule is O=C(C1CSCN1Cc1cc(Cl)c(OS(=O)(=O)C(F)(F)F)cc1Cl)N1CCN(C2CC2)c2ccccc21. The zero-order valence-electron chi connectivity index (χ0n) is 19.2. The maximum atomic E-state index is 13.7. The van der Waals surface area contributed by atoms with Crippen molar-refractivity contribution in [3.63, 3.8) is 0 Å². The number of amides is 1. The predicted octanol–water partition coefficient (Wildman–Crippen LogP) is 5.11. The van der Waals surface area contributed by atoms with Crippen molar-refractivity contribution >= 4 is 62.4 Å². The number of nitrogens with zero attached hydrogens (tertiary/aromatic N) is 3. The Labute approximate surface area is 226 Å². The molecule has 5 rings (SSSR count). The number of hydrogen-bond donors (Lipinski definition) is 0. The average Bonchev–Trinajstić information content (AvgIpc) is 3.58. The van der Waals surface area contributed by atoms with Crippen LogP contribution in [0.25, 0.3) is 0 Å². The molecule has 0 spiro atoms. The molecule has 2 fully saturated rings.